The molecule has 0 amide bonds. The van der Waals surface area contributed by atoms with Crippen LogP contribution in [-0.4, -0.2) is 25.8 Å². The molecule has 0 aromatic heterocycles. The lowest BCUT2D eigenvalue weighted by Gasteiger charge is -2.09. The summed E-state index contributed by atoms with van der Waals surface area (Å²) in [5.74, 6) is 0.603. The van der Waals surface area contributed by atoms with Crippen LogP contribution in [0.1, 0.15) is 31.2 Å². The lowest BCUT2D eigenvalue weighted by Crippen LogP contribution is -2.11. The molecule has 0 bridgehead atoms. The number of hydrogen-bond donors (Lipinski definition) is 0. The molecule has 0 saturated carbocycles. The molecule has 104 valence electrons. The van der Waals surface area contributed by atoms with Crippen molar-refractivity contribution in [1.29, 1.82) is 0 Å². The minimum absolute atomic E-state index is 0.168. The Morgan fingerprint density at radius 3 is 3.11 bits per heavy atom. The van der Waals surface area contributed by atoms with Gasteiger partial charge in [0.05, 0.1) is 13.2 Å². The van der Waals surface area contributed by atoms with Crippen molar-refractivity contribution in [2.75, 3.05) is 13.7 Å². The third-order valence-electron chi connectivity index (χ3n) is 3.23. The zero-order chi connectivity index (χ0) is 13.5. The molecule has 2 rings (SSSR count). The molecular weight excluding hydrogens is 244 g/mol. The molecule has 0 radical (unpaired) electrons. The van der Waals surface area contributed by atoms with Gasteiger partial charge in [0.25, 0.3) is 0 Å². The molecule has 1 aromatic rings. The van der Waals surface area contributed by atoms with Crippen molar-refractivity contribution in [3.8, 4) is 5.75 Å². The first kappa shape index (κ1) is 13.9. The normalized spacial score (nSPS) is 18.3. The second kappa shape index (κ2) is 7.14. The number of methoxy groups -OCH3 is 1. The number of carbonyl (C=O) groups is 1. The Morgan fingerprint density at radius 1 is 1.47 bits per heavy atom. The molecule has 4 heteroatoms. The number of hydrogen-bond acceptors (Lipinski definition) is 4. The van der Waals surface area contributed by atoms with E-state index in [1.54, 1.807) is 7.11 Å². The van der Waals surface area contributed by atoms with E-state index in [1.165, 1.54) is 0 Å². The molecular formula is C15H20O4. The van der Waals surface area contributed by atoms with Crippen molar-refractivity contribution in [3.63, 3.8) is 0 Å². The van der Waals surface area contributed by atoms with Crippen LogP contribution in [0.3, 0.4) is 0 Å². The third-order valence-corrected chi connectivity index (χ3v) is 3.23. The maximum Gasteiger partial charge on any atom is 0.306 e. The maximum atomic E-state index is 11.6. The summed E-state index contributed by atoms with van der Waals surface area (Å²) in [7, 11) is 1.62. The van der Waals surface area contributed by atoms with Crippen LogP contribution in [0.15, 0.2) is 24.3 Å². The van der Waals surface area contributed by atoms with Gasteiger partial charge < -0.3 is 14.2 Å². The summed E-state index contributed by atoms with van der Waals surface area (Å²) in [6.45, 7) is 1.12. The highest BCUT2D eigenvalue weighted by molar-refractivity contribution is 5.69. The van der Waals surface area contributed by atoms with Crippen LogP contribution in [-0.2, 0) is 20.9 Å². The van der Waals surface area contributed by atoms with Gasteiger partial charge in [0.1, 0.15) is 12.4 Å². The first-order chi connectivity index (χ1) is 9.28. The lowest BCUT2D eigenvalue weighted by molar-refractivity contribution is -0.145. The number of ether oxygens (including phenoxy) is 3. The third kappa shape index (κ3) is 4.56. The summed E-state index contributed by atoms with van der Waals surface area (Å²) >= 11 is 0. The van der Waals surface area contributed by atoms with Crippen molar-refractivity contribution in [3.05, 3.63) is 29.8 Å². The molecule has 1 fully saturated rings. The van der Waals surface area contributed by atoms with Crippen molar-refractivity contribution in [2.24, 2.45) is 0 Å². The van der Waals surface area contributed by atoms with E-state index in [2.05, 4.69) is 0 Å². The average Bonchev–Trinajstić information content (AvgIpc) is 2.96. The Kier molecular flexibility index (Phi) is 5.21. The van der Waals surface area contributed by atoms with E-state index in [0.29, 0.717) is 13.0 Å². The Balaban J connectivity index is 1.70. The molecule has 1 unspecified atom stereocenters. The smallest absolute Gasteiger partial charge is 0.306 e. The van der Waals surface area contributed by atoms with E-state index in [-0.39, 0.29) is 12.1 Å². The van der Waals surface area contributed by atoms with E-state index in [9.17, 15) is 4.79 Å². The molecule has 0 spiro atoms. The Labute approximate surface area is 113 Å². The van der Waals surface area contributed by atoms with Crippen LogP contribution in [0.5, 0.6) is 5.75 Å². The molecule has 1 aliphatic heterocycles. The highest BCUT2D eigenvalue weighted by Crippen LogP contribution is 2.17. The summed E-state index contributed by atoms with van der Waals surface area (Å²) in [5, 5.41) is 0. The van der Waals surface area contributed by atoms with Gasteiger partial charge in [0, 0.05) is 13.0 Å². The zero-order valence-corrected chi connectivity index (χ0v) is 11.3. The van der Waals surface area contributed by atoms with Gasteiger partial charge in [0.2, 0.25) is 0 Å². The molecule has 1 aliphatic rings. The van der Waals surface area contributed by atoms with Crippen molar-refractivity contribution in [1.82, 2.24) is 0 Å². The Bertz CT molecular complexity index is 410. The van der Waals surface area contributed by atoms with Gasteiger partial charge in [-0.3, -0.25) is 4.79 Å². The van der Waals surface area contributed by atoms with Gasteiger partial charge in [-0.15, -0.1) is 0 Å². The van der Waals surface area contributed by atoms with Gasteiger partial charge in [0.15, 0.2) is 0 Å². The van der Waals surface area contributed by atoms with Crippen molar-refractivity contribution in [2.45, 2.75) is 38.4 Å². The van der Waals surface area contributed by atoms with E-state index in [0.717, 1.165) is 37.2 Å². The standard InChI is InChI=1S/C15H20O4/c1-17-14-5-2-4-12(10-14)11-19-15(16)8-7-13-6-3-9-18-13/h2,4-5,10,13H,3,6-9,11H2,1H3. The molecule has 0 N–H and O–H groups in total. The second-order valence-electron chi connectivity index (χ2n) is 4.69. The second-order valence-corrected chi connectivity index (χ2v) is 4.69. The van der Waals surface area contributed by atoms with Crippen molar-refractivity contribution < 1.29 is 19.0 Å². The highest BCUT2D eigenvalue weighted by Gasteiger charge is 2.17. The number of carbonyl (C=O) groups excluding carboxylic acids is 1. The maximum absolute atomic E-state index is 11.6. The molecule has 1 heterocycles. The molecule has 4 nitrogen and oxygen atoms in total. The van der Waals surface area contributed by atoms with E-state index in [4.69, 9.17) is 14.2 Å². The summed E-state index contributed by atoms with van der Waals surface area (Å²) < 4.78 is 15.8. The van der Waals surface area contributed by atoms with Crippen LogP contribution in [0.4, 0.5) is 0 Å². The number of benzene rings is 1. The van der Waals surface area contributed by atoms with Gasteiger partial charge in [-0.05, 0) is 37.0 Å². The molecule has 19 heavy (non-hydrogen) atoms. The number of esters is 1. The van der Waals surface area contributed by atoms with Crippen LogP contribution in [0.25, 0.3) is 0 Å². The van der Waals surface area contributed by atoms with Gasteiger partial charge in [-0.25, -0.2) is 0 Å². The van der Waals surface area contributed by atoms with Crippen LogP contribution in [0.2, 0.25) is 0 Å². The average molecular weight is 264 g/mol. The predicted octanol–water partition coefficient (Wildman–Crippen LogP) is 2.70. The molecule has 1 atom stereocenters. The Morgan fingerprint density at radius 2 is 2.37 bits per heavy atom. The van der Waals surface area contributed by atoms with Crippen LogP contribution >= 0.6 is 0 Å². The quantitative estimate of drug-likeness (QED) is 0.741. The predicted molar refractivity (Wildman–Crippen MR) is 71.0 cm³/mol. The van der Waals surface area contributed by atoms with E-state index in [1.807, 2.05) is 24.3 Å². The monoisotopic (exact) mass is 264 g/mol. The zero-order valence-electron chi connectivity index (χ0n) is 11.3. The van der Waals surface area contributed by atoms with Crippen molar-refractivity contribution >= 4 is 5.97 Å². The topological polar surface area (TPSA) is 44.8 Å². The lowest BCUT2D eigenvalue weighted by atomic mass is 10.1. The van der Waals surface area contributed by atoms with Gasteiger partial charge >= 0.3 is 5.97 Å². The van der Waals surface area contributed by atoms with Gasteiger partial charge in [-0.1, -0.05) is 12.1 Å². The minimum Gasteiger partial charge on any atom is -0.497 e. The fraction of sp³-hybridized carbons (Fsp3) is 0.533. The Hall–Kier alpha value is -1.55. The summed E-state index contributed by atoms with van der Waals surface area (Å²) in [4.78, 5) is 11.6. The van der Waals surface area contributed by atoms with E-state index < -0.39 is 0 Å². The summed E-state index contributed by atoms with van der Waals surface area (Å²) in [6, 6.07) is 7.53. The van der Waals surface area contributed by atoms with Gasteiger partial charge in [-0.2, -0.15) is 0 Å². The fourth-order valence-corrected chi connectivity index (χ4v) is 2.15. The first-order valence-corrected chi connectivity index (χ1v) is 6.68. The SMILES string of the molecule is COc1cccc(COC(=O)CCC2CCCO2)c1. The minimum atomic E-state index is -0.168. The summed E-state index contributed by atoms with van der Waals surface area (Å²) in [5.41, 5.74) is 0.935. The molecule has 0 aliphatic carbocycles. The highest BCUT2D eigenvalue weighted by atomic mass is 16.5. The molecule has 1 saturated heterocycles. The van der Waals surface area contributed by atoms with Crippen LogP contribution < -0.4 is 4.74 Å². The van der Waals surface area contributed by atoms with E-state index >= 15 is 0 Å². The molecule has 1 aromatic carbocycles. The fourth-order valence-electron chi connectivity index (χ4n) is 2.15. The number of rotatable bonds is 6. The largest absolute Gasteiger partial charge is 0.497 e. The van der Waals surface area contributed by atoms with Crippen LogP contribution in [0, 0.1) is 0 Å². The summed E-state index contributed by atoms with van der Waals surface area (Å²) in [6.07, 6.45) is 3.59. The first-order valence-electron chi connectivity index (χ1n) is 6.68.